The molecule has 0 radical (unpaired) electrons. The number of nitrogens with one attached hydrogen (secondary N) is 1. The SMILES string of the molecule is CCOc1ccc(NC(=O)C[C@@H]([NH2+]CCC[NH2+]C)C(=O)[O-])c([N+](=O)[O-])c1. The van der Waals surface area contributed by atoms with Crippen molar-refractivity contribution >= 4 is 23.3 Å². The number of quaternary nitrogens is 2. The smallest absolute Gasteiger partial charge is 0.296 e. The van der Waals surface area contributed by atoms with E-state index in [0.29, 0.717) is 18.9 Å². The third-order valence-electron chi connectivity index (χ3n) is 3.61. The van der Waals surface area contributed by atoms with Crippen molar-refractivity contribution in [3.8, 4) is 5.75 Å². The molecule has 144 valence electrons. The molecule has 0 aliphatic heterocycles. The zero-order valence-corrected chi connectivity index (χ0v) is 14.9. The summed E-state index contributed by atoms with van der Waals surface area (Å²) in [6.45, 7) is 3.48. The van der Waals surface area contributed by atoms with Crippen LogP contribution in [0, 0.1) is 10.1 Å². The van der Waals surface area contributed by atoms with Crippen molar-refractivity contribution in [3.63, 3.8) is 0 Å². The van der Waals surface area contributed by atoms with Gasteiger partial charge in [-0.3, -0.25) is 14.9 Å². The Morgan fingerprint density at radius 1 is 1.35 bits per heavy atom. The number of carboxylic acid groups (broad SMARTS) is 1. The molecule has 5 N–H and O–H groups in total. The first-order valence-electron chi connectivity index (χ1n) is 8.42. The van der Waals surface area contributed by atoms with Gasteiger partial charge in [0.25, 0.3) is 5.69 Å². The number of aliphatic carboxylic acids is 1. The number of nitrogens with two attached hydrogens (primary N) is 2. The Hall–Kier alpha value is -2.72. The Labute approximate surface area is 151 Å². The van der Waals surface area contributed by atoms with Crippen LogP contribution in [0.4, 0.5) is 11.4 Å². The summed E-state index contributed by atoms with van der Waals surface area (Å²) in [5.74, 6) is -1.67. The number of hydrogen-bond acceptors (Lipinski definition) is 6. The molecule has 0 saturated carbocycles. The van der Waals surface area contributed by atoms with E-state index in [4.69, 9.17) is 4.74 Å². The Balaban J connectivity index is 2.75. The highest BCUT2D eigenvalue weighted by molar-refractivity contribution is 5.95. The molecule has 10 nitrogen and oxygen atoms in total. The summed E-state index contributed by atoms with van der Waals surface area (Å²) in [4.78, 5) is 33.8. The highest BCUT2D eigenvalue weighted by Crippen LogP contribution is 2.29. The van der Waals surface area contributed by atoms with Crippen molar-refractivity contribution in [3.05, 3.63) is 28.3 Å². The molecular formula is C16H25N4O6+. The molecule has 0 aromatic heterocycles. The molecule has 0 fully saturated rings. The van der Waals surface area contributed by atoms with Crippen LogP contribution in [-0.4, -0.2) is 49.6 Å². The van der Waals surface area contributed by atoms with Crippen LogP contribution in [0.1, 0.15) is 19.8 Å². The van der Waals surface area contributed by atoms with E-state index in [1.54, 1.807) is 6.92 Å². The van der Waals surface area contributed by atoms with Crippen LogP contribution in [0.3, 0.4) is 0 Å². The van der Waals surface area contributed by atoms with E-state index in [0.717, 1.165) is 13.0 Å². The van der Waals surface area contributed by atoms with Gasteiger partial charge in [-0.15, -0.1) is 0 Å². The van der Waals surface area contributed by atoms with Crippen LogP contribution >= 0.6 is 0 Å². The molecule has 0 unspecified atom stereocenters. The lowest BCUT2D eigenvalue weighted by Crippen LogP contribution is -2.94. The van der Waals surface area contributed by atoms with Gasteiger partial charge in [0.2, 0.25) is 5.91 Å². The van der Waals surface area contributed by atoms with Gasteiger partial charge in [-0.05, 0) is 19.1 Å². The number of carboxylic acids is 1. The molecule has 0 aliphatic carbocycles. The number of benzene rings is 1. The third kappa shape index (κ3) is 7.03. The Bertz CT molecular complexity index is 637. The van der Waals surface area contributed by atoms with E-state index >= 15 is 0 Å². The third-order valence-corrected chi connectivity index (χ3v) is 3.61. The summed E-state index contributed by atoms with van der Waals surface area (Å²) < 4.78 is 5.21. The number of amides is 1. The van der Waals surface area contributed by atoms with Gasteiger partial charge >= 0.3 is 0 Å². The van der Waals surface area contributed by atoms with Crippen LogP contribution in [-0.2, 0) is 9.59 Å². The number of hydrogen-bond donors (Lipinski definition) is 3. The number of nitro groups is 1. The van der Waals surface area contributed by atoms with Gasteiger partial charge in [-0.2, -0.15) is 0 Å². The van der Waals surface area contributed by atoms with Crippen molar-refractivity contribution < 1.29 is 35.0 Å². The number of rotatable bonds is 12. The minimum Gasteiger partial charge on any atom is -0.544 e. The fourth-order valence-corrected chi connectivity index (χ4v) is 2.33. The monoisotopic (exact) mass is 369 g/mol. The predicted molar refractivity (Wildman–Crippen MR) is 90.4 cm³/mol. The van der Waals surface area contributed by atoms with Crippen LogP contribution < -0.4 is 25.8 Å². The van der Waals surface area contributed by atoms with E-state index in [2.05, 4.69) is 5.32 Å². The van der Waals surface area contributed by atoms with Gasteiger partial charge in [0.05, 0.1) is 50.1 Å². The predicted octanol–water partition coefficient (Wildman–Crippen LogP) is -2.41. The highest BCUT2D eigenvalue weighted by atomic mass is 16.6. The molecule has 0 spiro atoms. The molecule has 0 saturated heterocycles. The molecule has 1 amide bonds. The molecule has 10 heteroatoms. The highest BCUT2D eigenvalue weighted by Gasteiger charge is 2.22. The summed E-state index contributed by atoms with van der Waals surface area (Å²) in [6.07, 6.45) is 0.439. The number of carbonyl (C=O) groups is 2. The van der Waals surface area contributed by atoms with Gasteiger partial charge in [-0.25, -0.2) is 0 Å². The summed E-state index contributed by atoms with van der Waals surface area (Å²) >= 11 is 0. The van der Waals surface area contributed by atoms with Gasteiger partial charge in [0, 0.05) is 6.42 Å². The minimum absolute atomic E-state index is 0.0128. The van der Waals surface area contributed by atoms with Crippen molar-refractivity contribution in [2.75, 3.05) is 32.1 Å². The number of anilines is 1. The summed E-state index contributed by atoms with van der Waals surface area (Å²) in [5.41, 5.74) is -0.335. The summed E-state index contributed by atoms with van der Waals surface area (Å²) in [7, 11) is 1.91. The number of nitro benzene ring substituents is 1. The van der Waals surface area contributed by atoms with E-state index in [9.17, 15) is 24.8 Å². The zero-order valence-electron chi connectivity index (χ0n) is 14.9. The van der Waals surface area contributed by atoms with Crippen LogP contribution in [0.2, 0.25) is 0 Å². The molecule has 0 bridgehead atoms. The molecule has 0 heterocycles. The summed E-state index contributed by atoms with van der Waals surface area (Å²) in [5, 5.41) is 28.3. The van der Waals surface area contributed by atoms with Crippen LogP contribution in [0.15, 0.2) is 18.2 Å². The van der Waals surface area contributed by atoms with Crippen molar-refractivity contribution in [1.29, 1.82) is 0 Å². The number of nitrogens with zero attached hydrogens (tertiary/aromatic N) is 1. The maximum absolute atomic E-state index is 12.1. The van der Waals surface area contributed by atoms with Crippen molar-refractivity contribution in [2.24, 2.45) is 0 Å². The van der Waals surface area contributed by atoms with E-state index < -0.39 is 22.8 Å². The molecular weight excluding hydrogens is 344 g/mol. The second-order valence-electron chi connectivity index (χ2n) is 5.62. The van der Waals surface area contributed by atoms with Crippen molar-refractivity contribution in [2.45, 2.75) is 25.8 Å². The fraction of sp³-hybridized carbons (Fsp3) is 0.500. The lowest BCUT2D eigenvalue weighted by Gasteiger charge is -2.16. The lowest BCUT2D eigenvalue weighted by molar-refractivity contribution is -0.692. The first-order chi connectivity index (χ1) is 12.4. The number of ether oxygens (including phenoxy) is 1. The average molecular weight is 369 g/mol. The Kier molecular flexibility index (Phi) is 9.02. The topological polar surface area (TPSA) is 155 Å². The quantitative estimate of drug-likeness (QED) is 0.212. The van der Waals surface area contributed by atoms with E-state index in [-0.39, 0.29) is 17.8 Å². The normalized spacial score (nSPS) is 11.6. The number of carbonyl (C=O) groups excluding carboxylic acids is 2. The Morgan fingerprint density at radius 3 is 2.65 bits per heavy atom. The standard InChI is InChI=1S/C16H24N4O6/c1-3-26-11-5-6-12(14(9-11)20(24)25)19-15(21)10-13(16(22)23)18-8-4-7-17-2/h5-6,9,13,17-18H,3-4,7-8,10H2,1-2H3,(H,19,21)(H,22,23)/p+1/t13-/m1/s1. The maximum atomic E-state index is 12.1. The Morgan fingerprint density at radius 2 is 2.08 bits per heavy atom. The van der Waals surface area contributed by atoms with Gasteiger partial charge in [0.1, 0.15) is 17.5 Å². The van der Waals surface area contributed by atoms with Gasteiger partial charge in [-0.1, -0.05) is 0 Å². The molecule has 1 rings (SSSR count). The largest absolute Gasteiger partial charge is 0.544 e. The average Bonchev–Trinajstić information content (AvgIpc) is 2.58. The minimum atomic E-state index is -1.35. The van der Waals surface area contributed by atoms with Gasteiger partial charge < -0.3 is 30.6 Å². The van der Waals surface area contributed by atoms with Crippen LogP contribution in [0.25, 0.3) is 0 Å². The molecule has 1 aromatic rings. The second-order valence-corrected chi connectivity index (χ2v) is 5.62. The summed E-state index contributed by atoms with van der Waals surface area (Å²) in [6, 6.07) is 3.02. The van der Waals surface area contributed by atoms with E-state index in [1.807, 2.05) is 12.4 Å². The van der Waals surface area contributed by atoms with E-state index in [1.165, 1.54) is 23.5 Å². The van der Waals surface area contributed by atoms with Crippen molar-refractivity contribution in [1.82, 2.24) is 0 Å². The zero-order chi connectivity index (χ0) is 19.5. The lowest BCUT2D eigenvalue weighted by atomic mass is 10.1. The second kappa shape index (κ2) is 11.0. The van der Waals surface area contributed by atoms with Crippen LogP contribution in [0.5, 0.6) is 5.75 Å². The molecule has 1 atom stereocenters. The maximum Gasteiger partial charge on any atom is 0.296 e. The molecule has 1 aromatic carbocycles. The van der Waals surface area contributed by atoms with Gasteiger partial charge in [0.15, 0.2) is 0 Å². The first kappa shape index (κ1) is 21.3. The molecule has 26 heavy (non-hydrogen) atoms. The molecule has 0 aliphatic rings. The fourth-order valence-electron chi connectivity index (χ4n) is 2.33. The first-order valence-corrected chi connectivity index (χ1v) is 8.42.